The summed E-state index contributed by atoms with van der Waals surface area (Å²) in [6.45, 7) is 1.96. The van der Waals surface area contributed by atoms with Gasteiger partial charge in [0.25, 0.3) is 0 Å². The van der Waals surface area contributed by atoms with Gasteiger partial charge in [0.1, 0.15) is 74.4 Å². The molecule has 3 aromatic rings. The number of carbonyl (C=O) groups excluding carboxylic acids is 1. The first-order chi connectivity index (χ1) is 15.6. The molecular weight excluding hydrogens is 419 g/mol. The minimum atomic E-state index is -0.568. The van der Waals surface area contributed by atoms with Gasteiger partial charge in [0.2, 0.25) is 0 Å². The first-order valence-corrected chi connectivity index (χ1v) is 11.6. The molecule has 3 aromatic heterocycles. The second kappa shape index (κ2) is 7.77. The molecule has 34 heavy (non-hydrogen) atoms. The number of hydrogen-bond acceptors (Lipinski definition) is 5. The molecule has 1 aliphatic heterocycles. The number of fused-ring (bicyclic) bond motifs is 1. The van der Waals surface area contributed by atoms with E-state index in [4.69, 9.17) is 4.74 Å². The Morgan fingerprint density at radius 3 is 2.03 bits per heavy atom. The predicted molar refractivity (Wildman–Crippen MR) is 158 cm³/mol. The van der Waals surface area contributed by atoms with E-state index in [0.717, 1.165) is 28.0 Å². The van der Waals surface area contributed by atoms with Gasteiger partial charge >= 0.3 is 6.03 Å². The normalized spacial score (nSPS) is 20.1. The zero-order valence-corrected chi connectivity index (χ0v) is 21.9. The largest absolute Gasteiger partial charge is 0.402 e. The van der Waals surface area contributed by atoms with Gasteiger partial charge in [-0.25, -0.2) is 14.8 Å². The SMILES string of the molecule is BC1(B)OC(B)(B)C(B)(B)N(C(=O)Nc2cc3cc(-c4cnc(C)n4C)ncc3cn2)C1(B)B. The monoisotopic (exact) mass is 448 g/mol. The van der Waals surface area contributed by atoms with Gasteiger partial charge in [-0.15, -0.1) is 0 Å². The number of nitrogens with one attached hydrogen (secondary N) is 1. The number of hydrogen-bond donors (Lipinski definition) is 1. The molecule has 8 nitrogen and oxygen atoms in total. The molecule has 1 aliphatic rings. The number of anilines is 1. The van der Waals surface area contributed by atoms with Crippen molar-refractivity contribution in [2.75, 3.05) is 5.32 Å². The zero-order valence-electron chi connectivity index (χ0n) is 21.9. The predicted octanol–water partition coefficient (Wildman–Crippen LogP) is -6.12. The molecule has 0 aromatic carbocycles. The molecule has 0 unspecified atom stereocenters. The van der Waals surface area contributed by atoms with Gasteiger partial charge in [-0.3, -0.25) is 10.3 Å². The molecule has 16 heteroatoms. The van der Waals surface area contributed by atoms with E-state index in [0.29, 0.717) is 5.82 Å². The Hall–Kier alpha value is -2.48. The summed E-state index contributed by atoms with van der Waals surface area (Å²) in [7, 11) is 18.3. The Labute approximate surface area is 208 Å². The lowest BCUT2D eigenvalue weighted by Crippen LogP contribution is -2.87. The van der Waals surface area contributed by atoms with E-state index in [1.165, 1.54) is 0 Å². The Morgan fingerprint density at radius 2 is 1.47 bits per heavy atom. The molecular formula is C18H28B8N6O2. The van der Waals surface area contributed by atoms with E-state index in [9.17, 15) is 4.79 Å². The standard InChI is InChI=1S/C18H28B8N6O2/c1-8-27-7-12(31(8)2)11-3-9-4-13(29-6-10(9)5-28-11)30-14(33)32-15(19,20)17(23,24)34-18(25,26)16(32,21)22/h3-7H,19-26H2,1-2H3,(H,29,30,33). The Kier molecular flexibility index (Phi) is 5.63. The van der Waals surface area contributed by atoms with E-state index in [-0.39, 0.29) is 6.03 Å². The Morgan fingerprint density at radius 1 is 0.882 bits per heavy atom. The molecule has 0 bridgehead atoms. The highest BCUT2D eigenvalue weighted by atomic mass is 16.5. The maximum absolute atomic E-state index is 13.7. The molecule has 1 fully saturated rings. The highest BCUT2D eigenvalue weighted by molar-refractivity contribution is 6.60. The van der Waals surface area contributed by atoms with Gasteiger partial charge < -0.3 is 14.2 Å². The van der Waals surface area contributed by atoms with Crippen molar-refractivity contribution in [3.05, 3.63) is 36.5 Å². The number of imidazole rings is 1. The summed E-state index contributed by atoms with van der Waals surface area (Å²) in [6, 6.07) is 3.68. The number of aryl methyl sites for hydroxylation is 1. The van der Waals surface area contributed by atoms with Crippen molar-refractivity contribution in [2.24, 2.45) is 7.05 Å². The van der Waals surface area contributed by atoms with Crippen molar-refractivity contribution in [1.82, 2.24) is 24.4 Å². The van der Waals surface area contributed by atoms with Gasteiger partial charge in [-0.1, -0.05) is 0 Å². The van der Waals surface area contributed by atoms with E-state index in [2.05, 4.69) is 20.3 Å². The van der Waals surface area contributed by atoms with Crippen LogP contribution in [-0.4, -0.2) is 115 Å². The fraction of sp³-hybridized carbons (Fsp3) is 0.333. The number of rotatable bonds is 2. The van der Waals surface area contributed by atoms with Gasteiger partial charge in [0.15, 0.2) is 0 Å². The maximum Gasteiger partial charge on any atom is 0.321 e. The van der Waals surface area contributed by atoms with E-state index >= 15 is 0 Å². The minimum absolute atomic E-state index is 0.206. The molecule has 1 saturated heterocycles. The van der Waals surface area contributed by atoms with Gasteiger partial charge in [-0.05, 0) is 35.1 Å². The molecule has 166 valence electrons. The van der Waals surface area contributed by atoms with Crippen LogP contribution in [0.4, 0.5) is 10.6 Å². The summed E-state index contributed by atoms with van der Waals surface area (Å²) in [5.74, 6) is 1.41. The smallest absolute Gasteiger partial charge is 0.321 e. The lowest BCUT2D eigenvalue weighted by molar-refractivity contribution is -0.0913. The number of carbonyl (C=O) groups is 1. The molecule has 0 radical (unpaired) electrons. The fourth-order valence-corrected chi connectivity index (χ4v) is 4.78. The second-order valence-electron chi connectivity index (χ2n) is 11.2. The van der Waals surface area contributed by atoms with Crippen molar-refractivity contribution in [3.63, 3.8) is 0 Å². The van der Waals surface area contributed by atoms with Crippen LogP contribution in [0.2, 0.25) is 0 Å². The van der Waals surface area contributed by atoms with Crippen LogP contribution in [0.25, 0.3) is 22.2 Å². The van der Waals surface area contributed by atoms with Gasteiger partial charge in [0, 0.05) is 35.6 Å². The van der Waals surface area contributed by atoms with E-state index in [1.807, 2.05) is 105 Å². The summed E-state index contributed by atoms with van der Waals surface area (Å²) in [5.41, 5.74) is 1.75. The second-order valence-corrected chi connectivity index (χ2v) is 11.2. The van der Waals surface area contributed by atoms with Gasteiger partial charge in [0.05, 0.1) is 17.6 Å². The van der Waals surface area contributed by atoms with E-state index < -0.39 is 21.5 Å². The summed E-state index contributed by atoms with van der Waals surface area (Å²) in [4.78, 5) is 29.1. The first-order valence-electron chi connectivity index (χ1n) is 11.6. The highest BCUT2D eigenvalue weighted by Crippen LogP contribution is 2.40. The molecule has 4 rings (SSSR count). The maximum atomic E-state index is 13.7. The number of nitrogens with zero attached hydrogens (tertiary/aromatic N) is 5. The summed E-state index contributed by atoms with van der Waals surface area (Å²) in [5, 5.41) is 2.64. The van der Waals surface area contributed by atoms with Crippen molar-refractivity contribution in [2.45, 2.75) is 28.4 Å². The highest BCUT2D eigenvalue weighted by Gasteiger charge is 2.60. The number of pyridine rings is 2. The van der Waals surface area contributed by atoms with Crippen LogP contribution in [0, 0.1) is 6.92 Å². The van der Waals surface area contributed by atoms with Crippen LogP contribution in [-0.2, 0) is 11.8 Å². The van der Waals surface area contributed by atoms with Crippen molar-refractivity contribution < 1.29 is 9.53 Å². The average molecular weight is 447 g/mol. The molecule has 0 saturated carbocycles. The van der Waals surface area contributed by atoms with Crippen LogP contribution >= 0.6 is 0 Å². The number of urea groups is 1. The van der Waals surface area contributed by atoms with Crippen LogP contribution in [0.3, 0.4) is 0 Å². The number of amides is 2. The number of ether oxygens (including phenoxy) is 1. The van der Waals surface area contributed by atoms with Crippen molar-refractivity contribution in [3.8, 4) is 11.4 Å². The summed E-state index contributed by atoms with van der Waals surface area (Å²) in [6.07, 6.45) is 5.35. The molecule has 0 atom stereocenters. The van der Waals surface area contributed by atoms with Crippen molar-refractivity contribution >= 4 is 85.4 Å². The topological polar surface area (TPSA) is 85.2 Å². The fourth-order valence-electron chi connectivity index (χ4n) is 4.78. The average Bonchev–Trinajstić information content (AvgIpc) is 3.03. The van der Waals surface area contributed by atoms with Crippen LogP contribution < -0.4 is 5.32 Å². The van der Waals surface area contributed by atoms with Crippen LogP contribution in [0.5, 0.6) is 0 Å². The lowest BCUT2D eigenvalue weighted by Gasteiger charge is -2.68. The summed E-state index contributed by atoms with van der Waals surface area (Å²) >= 11 is 0. The first kappa shape index (κ1) is 24.6. The third-order valence-electron chi connectivity index (χ3n) is 8.10. The minimum Gasteiger partial charge on any atom is -0.402 e. The lowest BCUT2D eigenvalue weighted by atomic mass is 9.30. The van der Waals surface area contributed by atoms with Gasteiger partial charge in [-0.2, -0.15) is 0 Å². The quantitative estimate of drug-likeness (QED) is 0.396. The van der Waals surface area contributed by atoms with Crippen LogP contribution in [0.1, 0.15) is 5.82 Å². The molecule has 0 spiro atoms. The molecule has 0 aliphatic carbocycles. The van der Waals surface area contributed by atoms with Crippen LogP contribution in [0.15, 0.2) is 30.7 Å². The zero-order chi connectivity index (χ0) is 25.3. The number of aromatic nitrogens is 4. The third-order valence-corrected chi connectivity index (χ3v) is 8.10. The van der Waals surface area contributed by atoms with Crippen molar-refractivity contribution in [1.29, 1.82) is 0 Å². The van der Waals surface area contributed by atoms with E-state index in [1.54, 1.807) is 12.4 Å². The Balaban J connectivity index is 1.70. The molecule has 2 amide bonds. The Bertz CT molecular complexity index is 1270. The summed E-state index contributed by atoms with van der Waals surface area (Å²) < 4.78 is 8.50. The molecule has 4 heterocycles. The molecule has 1 N–H and O–H groups in total. The number of morpholine rings is 1. The third kappa shape index (κ3) is 3.70.